The summed E-state index contributed by atoms with van der Waals surface area (Å²) in [6, 6.07) is 3.59. The molecule has 8 heteroatoms. The van der Waals surface area contributed by atoms with Crippen molar-refractivity contribution in [3.63, 3.8) is 0 Å². The number of anilines is 2. The molecule has 2 aliphatic heterocycles. The Balaban J connectivity index is 1.76. The van der Waals surface area contributed by atoms with Crippen LogP contribution >= 0.6 is 11.8 Å². The van der Waals surface area contributed by atoms with Crippen molar-refractivity contribution in [1.29, 1.82) is 0 Å². The molecule has 1 saturated heterocycles. The molecule has 7 nitrogen and oxygen atoms in total. The maximum Gasteiger partial charge on any atom is 0.415 e. The van der Waals surface area contributed by atoms with E-state index >= 15 is 0 Å². The number of pyridine rings is 1. The lowest BCUT2D eigenvalue weighted by Crippen LogP contribution is -2.27. The smallest absolute Gasteiger partial charge is 0.415 e. The first-order valence-corrected chi connectivity index (χ1v) is 7.68. The van der Waals surface area contributed by atoms with Crippen LogP contribution in [-0.2, 0) is 9.53 Å². The highest BCUT2D eigenvalue weighted by molar-refractivity contribution is 8.00. The predicted octanol–water partition coefficient (Wildman–Crippen LogP) is 1.22. The molecular weight excluding hydrogens is 294 g/mol. The second-order valence-electron chi connectivity index (χ2n) is 4.84. The minimum absolute atomic E-state index is 0.0778. The second kappa shape index (κ2) is 5.90. The van der Waals surface area contributed by atoms with Crippen molar-refractivity contribution in [1.82, 2.24) is 4.98 Å². The van der Waals surface area contributed by atoms with Gasteiger partial charge in [0.1, 0.15) is 17.7 Å². The SMILES string of the molecule is O=C1CSc2ccc(N3C[C@@H](CCCO)OC3=O)nc2N1. The average molecular weight is 309 g/mol. The van der Waals surface area contributed by atoms with E-state index in [-0.39, 0.29) is 18.6 Å². The largest absolute Gasteiger partial charge is 0.444 e. The third kappa shape index (κ3) is 2.96. The average Bonchev–Trinajstić information content (AvgIpc) is 2.85. The van der Waals surface area contributed by atoms with Crippen molar-refractivity contribution in [2.24, 2.45) is 0 Å². The zero-order chi connectivity index (χ0) is 14.8. The fourth-order valence-electron chi connectivity index (χ4n) is 2.28. The Labute approximate surface area is 125 Å². The summed E-state index contributed by atoms with van der Waals surface area (Å²) in [7, 11) is 0. The summed E-state index contributed by atoms with van der Waals surface area (Å²) in [6.07, 6.45) is 0.540. The minimum Gasteiger partial charge on any atom is -0.444 e. The van der Waals surface area contributed by atoms with Crippen LogP contribution in [0, 0.1) is 0 Å². The van der Waals surface area contributed by atoms with E-state index in [0.717, 1.165) is 4.90 Å². The molecule has 0 spiro atoms. The second-order valence-corrected chi connectivity index (χ2v) is 5.85. The topological polar surface area (TPSA) is 91.8 Å². The number of ether oxygens (including phenoxy) is 1. The molecule has 0 aromatic carbocycles. The van der Waals surface area contributed by atoms with Gasteiger partial charge in [-0.2, -0.15) is 0 Å². The summed E-state index contributed by atoms with van der Waals surface area (Å²) >= 11 is 1.42. The van der Waals surface area contributed by atoms with Crippen LogP contribution < -0.4 is 10.2 Å². The molecule has 1 fully saturated rings. The van der Waals surface area contributed by atoms with E-state index in [1.54, 1.807) is 6.07 Å². The van der Waals surface area contributed by atoms with E-state index in [2.05, 4.69) is 10.3 Å². The van der Waals surface area contributed by atoms with E-state index in [1.165, 1.54) is 16.7 Å². The third-order valence-electron chi connectivity index (χ3n) is 3.29. The number of amides is 2. The number of nitrogens with zero attached hydrogens (tertiary/aromatic N) is 2. The molecule has 112 valence electrons. The maximum atomic E-state index is 11.9. The number of rotatable bonds is 4. The van der Waals surface area contributed by atoms with Crippen LogP contribution in [0.5, 0.6) is 0 Å². The molecule has 1 atom stereocenters. The number of aromatic nitrogens is 1. The molecule has 2 N–H and O–H groups in total. The summed E-state index contributed by atoms with van der Waals surface area (Å²) in [6.45, 7) is 0.486. The number of nitrogens with one attached hydrogen (secondary N) is 1. The van der Waals surface area contributed by atoms with Gasteiger partial charge in [0.2, 0.25) is 5.91 Å². The van der Waals surface area contributed by atoms with Crippen LogP contribution in [0.2, 0.25) is 0 Å². The number of carbonyl (C=O) groups is 2. The van der Waals surface area contributed by atoms with E-state index < -0.39 is 6.09 Å². The van der Waals surface area contributed by atoms with Gasteiger partial charge in [-0.1, -0.05) is 0 Å². The minimum atomic E-state index is -0.444. The van der Waals surface area contributed by atoms with Gasteiger partial charge in [-0.05, 0) is 25.0 Å². The fourth-order valence-corrected chi connectivity index (χ4v) is 3.04. The number of aliphatic hydroxyl groups is 1. The van der Waals surface area contributed by atoms with Gasteiger partial charge in [-0.25, -0.2) is 9.78 Å². The summed E-state index contributed by atoms with van der Waals surface area (Å²) in [4.78, 5) is 30.0. The fraction of sp³-hybridized carbons (Fsp3) is 0.462. The highest BCUT2D eigenvalue weighted by Gasteiger charge is 2.33. The molecule has 0 radical (unpaired) electrons. The number of hydrogen-bond acceptors (Lipinski definition) is 6. The molecule has 1 aromatic rings. The summed E-state index contributed by atoms with van der Waals surface area (Å²) in [5.41, 5.74) is 0. The Morgan fingerprint density at radius 3 is 3.14 bits per heavy atom. The molecule has 3 heterocycles. The first-order valence-electron chi connectivity index (χ1n) is 6.70. The molecule has 0 unspecified atom stereocenters. The van der Waals surface area contributed by atoms with Gasteiger partial charge in [-0.15, -0.1) is 11.8 Å². The number of aliphatic hydroxyl groups excluding tert-OH is 1. The molecule has 2 aliphatic rings. The molecule has 21 heavy (non-hydrogen) atoms. The molecule has 3 rings (SSSR count). The Bertz CT molecular complexity index is 581. The van der Waals surface area contributed by atoms with E-state index in [1.807, 2.05) is 6.07 Å². The van der Waals surface area contributed by atoms with Crippen LogP contribution in [0.4, 0.5) is 16.4 Å². The lowest BCUT2D eigenvalue weighted by molar-refractivity contribution is -0.113. The van der Waals surface area contributed by atoms with E-state index in [4.69, 9.17) is 9.84 Å². The van der Waals surface area contributed by atoms with Crippen molar-refractivity contribution in [3.8, 4) is 0 Å². The highest BCUT2D eigenvalue weighted by atomic mass is 32.2. The Kier molecular flexibility index (Phi) is 3.98. The number of thioether (sulfide) groups is 1. The van der Waals surface area contributed by atoms with Crippen LogP contribution in [-0.4, -0.2) is 47.1 Å². The Morgan fingerprint density at radius 2 is 2.33 bits per heavy atom. The van der Waals surface area contributed by atoms with Crippen LogP contribution in [0.15, 0.2) is 17.0 Å². The van der Waals surface area contributed by atoms with E-state index in [0.29, 0.717) is 36.8 Å². The molecule has 0 bridgehead atoms. The highest BCUT2D eigenvalue weighted by Crippen LogP contribution is 2.32. The van der Waals surface area contributed by atoms with Gasteiger partial charge in [0, 0.05) is 6.61 Å². The Hall–Kier alpha value is -1.80. The maximum absolute atomic E-state index is 11.9. The zero-order valence-corrected chi connectivity index (χ0v) is 12.1. The van der Waals surface area contributed by atoms with Crippen molar-refractivity contribution in [2.75, 3.05) is 29.1 Å². The van der Waals surface area contributed by atoms with Crippen molar-refractivity contribution in [3.05, 3.63) is 12.1 Å². The van der Waals surface area contributed by atoms with Gasteiger partial charge in [0.05, 0.1) is 17.2 Å². The predicted molar refractivity (Wildman–Crippen MR) is 77.5 cm³/mol. The van der Waals surface area contributed by atoms with Gasteiger partial charge < -0.3 is 15.2 Å². The van der Waals surface area contributed by atoms with Gasteiger partial charge >= 0.3 is 6.09 Å². The first kappa shape index (κ1) is 14.2. The standard InChI is InChI=1S/C13H15N3O4S/c17-5-1-2-8-6-16(13(19)20-8)10-4-3-9-12(14-10)15-11(18)7-21-9/h3-4,8,17H,1-2,5-7H2,(H,14,15,18)/t8-/m1/s1. The van der Waals surface area contributed by atoms with Crippen molar-refractivity contribution in [2.45, 2.75) is 23.8 Å². The summed E-state index contributed by atoms with van der Waals surface area (Å²) in [5.74, 6) is 1.23. The summed E-state index contributed by atoms with van der Waals surface area (Å²) in [5, 5.41) is 11.5. The van der Waals surface area contributed by atoms with Gasteiger partial charge in [-0.3, -0.25) is 9.69 Å². The van der Waals surface area contributed by atoms with Crippen LogP contribution in [0.25, 0.3) is 0 Å². The molecular formula is C13H15N3O4S. The van der Waals surface area contributed by atoms with Gasteiger partial charge in [0.25, 0.3) is 0 Å². The normalized spacial score (nSPS) is 21.0. The number of fused-ring (bicyclic) bond motifs is 1. The lowest BCUT2D eigenvalue weighted by atomic mass is 10.2. The lowest BCUT2D eigenvalue weighted by Gasteiger charge is -2.18. The van der Waals surface area contributed by atoms with E-state index in [9.17, 15) is 9.59 Å². The zero-order valence-electron chi connectivity index (χ0n) is 11.2. The monoisotopic (exact) mass is 309 g/mol. The number of hydrogen-bond donors (Lipinski definition) is 2. The Morgan fingerprint density at radius 1 is 1.48 bits per heavy atom. The van der Waals surface area contributed by atoms with Crippen molar-refractivity contribution >= 4 is 35.4 Å². The van der Waals surface area contributed by atoms with Crippen molar-refractivity contribution < 1.29 is 19.4 Å². The third-order valence-corrected chi connectivity index (χ3v) is 4.34. The van der Waals surface area contributed by atoms with Gasteiger partial charge in [0.15, 0.2) is 0 Å². The van der Waals surface area contributed by atoms with Crippen LogP contribution in [0.1, 0.15) is 12.8 Å². The summed E-state index contributed by atoms with van der Waals surface area (Å²) < 4.78 is 5.24. The molecule has 1 aromatic heterocycles. The molecule has 0 saturated carbocycles. The quantitative estimate of drug-likeness (QED) is 0.869. The number of carbonyl (C=O) groups excluding carboxylic acids is 2. The van der Waals surface area contributed by atoms with Crippen LogP contribution in [0.3, 0.4) is 0 Å². The molecule has 2 amide bonds. The first-order chi connectivity index (χ1) is 10.2. The number of cyclic esters (lactones) is 1. The molecule has 0 aliphatic carbocycles.